The lowest BCUT2D eigenvalue weighted by Crippen LogP contribution is -2.36. The van der Waals surface area contributed by atoms with Crippen molar-refractivity contribution in [1.29, 1.82) is 0 Å². The van der Waals surface area contributed by atoms with Crippen molar-refractivity contribution >= 4 is 21.7 Å². The Labute approximate surface area is 101 Å². The van der Waals surface area contributed by atoms with Gasteiger partial charge in [-0.15, -0.1) is 0 Å². The van der Waals surface area contributed by atoms with Crippen LogP contribution in [-0.2, 0) is 0 Å². The van der Waals surface area contributed by atoms with Gasteiger partial charge in [0.15, 0.2) is 0 Å². The number of carbonyl (C=O) groups is 1. The summed E-state index contributed by atoms with van der Waals surface area (Å²) in [6.45, 7) is 1.21. The number of nitro groups is 1. The van der Waals surface area contributed by atoms with Crippen LogP contribution in [0.5, 0.6) is 5.75 Å². The van der Waals surface area contributed by atoms with Gasteiger partial charge in [0, 0.05) is 33.3 Å². The molecule has 6 heteroatoms. The van der Waals surface area contributed by atoms with Crippen molar-refractivity contribution < 1.29 is 14.5 Å². The van der Waals surface area contributed by atoms with Gasteiger partial charge < -0.3 is 4.74 Å². The zero-order chi connectivity index (χ0) is 12.3. The van der Waals surface area contributed by atoms with E-state index >= 15 is 0 Å². The highest BCUT2D eigenvalue weighted by Gasteiger charge is 2.43. The number of Topliss-reactive ketones (excluding diaryl/α,β-unsaturated/α-hetero) is 1. The Balaban J connectivity index is 3.01. The van der Waals surface area contributed by atoms with E-state index in [4.69, 9.17) is 4.74 Å². The van der Waals surface area contributed by atoms with Crippen molar-refractivity contribution in [2.24, 2.45) is 0 Å². The number of hydrogen-bond acceptors (Lipinski definition) is 4. The molecule has 0 bridgehead atoms. The zero-order valence-corrected chi connectivity index (χ0v) is 10.4. The molecule has 0 saturated carbocycles. The second-order valence-electron chi connectivity index (χ2n) is 3.27. The van der Waals surface area contributed by atoms with Crippen LogP contribution in [0.4, 0.5) is 0 Å². The summed E-state index contributed by atoms with van der Waals surface area (Å²) in [6, 6.07) is 6.14. The summed E-state index contributed by atoms with van der Waals surface area (Å²) in [7, 11) is 1.50. The SMILES string of the molecule is COc1ccc(C(=O)C(C)(Br)[N+](=O)[O-])cc1. The Bertz CT molecular complexity index is 413. The molecule has 16 heavy (non-hydrogen) atoms. The molecule has 0 N–H and O–H groups in total. The van der Waals surface area contributed by atoms with Gasteiger partial charge in [-0.1, -0.05) is 0 Å². The van der Waals surface area contributed by atoms with Crippen LogP contribution < -0.4 is 4.74 Å². The summed E-state index contributed by atoms with van der Waals surface area (Å²) >= 11 is 2.80. The third-order valence-electron chi connectivity index (χ3n) is 2.11. The van der Waals surface area contributed by atoms with E-state index in [-0.39, 0.29) is 5.56 Å². The van der Waals surface area contributed by atoms with Gasteiger partial charge in [0.1, 0.15) is 5.75 Å². The third-order valence-corrected chi connectivity index (χ3v) is 2.76. The van der Waals surface area contributed by atoms with Gasteiger partial charge in [-0.3, -0.25) is 14.9 Å². The van der Waals surface area contributed by atoms with Crippen LogP contribution in [0.25, 0.3) is 0 Å². The first-order valence-electron chi connectivity index (χ1n) is 4.42. The number of carbonyl (C=O) groups excluding carboxylic acids is 1. The normalized spacial score (nSPS) is 13.9. The first-order chi connectivity index (χ1) is 7.39. The lowest BCUT2D eigenvalue weighted by molar-refractivity contribution is -0.512. The molecule has 1 atom stereocenters. The Kier molecular flexibility index (Phi) is 3.64. The highest BCUT2D eigenvalue weighted by atomic mass is 79.9. The third kappa shape index (κ3) is 2.38. The number of methoxy groups -OCH3 is 1. The quantitative estimate of drug-likeness (QED) is 0.280. The van der Waals surface area contributed by atoms with Gasteiger partial charge in [-0.2, -0.15) is 0 Å². The van der Waals surface area contributed by atoms with Crippen molar-refractivity contribution in [3.63, 3.8) is 0 Å². The predicted molar refractivity (Wildman–Crippen MR) is 61.7 cm³/mol. The molecule has 0 heterocycles. The average Bonchev–Trinajstić information content (AvgIpc) is 2.28. The highest BCUT2D eigenvalue weighted by Crippen LogP contribution is 2.24. The smallest absolute Gasteiger partial charge is 0.333 e. The number of ketones is 1. The van der Waals surface area contributed by atoms with Crippen LogP contribution in [0, 0.1) is 10.1 Å². The minimum absolute atomic E-state index is 0.261. The molecule has 0 saturated heterocycles. The molecule has 1 aromatic carbocycles. The summed E-state index contributed by atoms with van der Waals surface area (Å²) in [5.74, 6) is -0.00548. The number of nitrogens with zero attached hydrogens (tertiary/aromatic N) is 1. The lowest BCUT2D eigenvalue weighted by atomic mass is 10.1. The molecule has 0 aliphatic carbocycles. The zero-order valence-electron chi connectivity index (χ0n) is 8.77. The molecule has 86 valence electrons. The van der Waals surface area contributed by atoms with Crippen LogP contribution in [-0.4, -0.2) is 22.3 Å². The van der Waals surface area contributed by atoms with Gasteiger partial charge in [-0.05, 0) is 24.3 Å². The van der Waals surface area contributed by atoms with Gasteiger partial charge in [0.25, 0.3) is 0 Å². The van der Waals surface area contributed by atoms with E-state index in [0.29, 0.717) is 5.75 Å². The van der Waals surface area contributed by atoms with Crippen molar-refractivity contribution in [2.75, 3.05) is 7.11 Å². The summed E-state index contributed by atoms with van der Waals surface area (Å²) in [5.41, 5.74) is 0.261. The fourth-order valence-corrected chi connectivity index (χ4v) is 1.32. The predicted octanol–water partition coefficient (Wildman–Crippen LogP) is 2.27. The van der Waals surface area contributed by atoms with Crippen molar-refractivity contribution in [1.82, 2.24) is 0 Å². The van der Waals surface area contributed by atoms with E-state index < -0.39 is 15.2 Å². The summed E-state index contributed by atoms with van der Waals surface area (Å²) < 4.78 is 3.13. The Morgan fingerprint density at radius 3 is 2.31 bits per heavy atom. The van der Waals surface area contributed by atoms with Crippen LogP contribution >= 0.6 is 15.9 Å². The fourth-order valence-electron chi connectivity index (χ4n) is 1.09. The van der Waals surface area contributed by atoms with E-state index in [9.17, 15) is 14.9 Å². The number of alkyl halides is 1. The largest absolute Gasteiger partial charge is 0.497 e. The number of hydrogen-bond donors (Lipinski definition) is 0. The molecule has 1 rings (SSSR count). The second-order valence-corrected chi connectivity index (χ2v) is 4.81. The van der Waals surface area contributed by atoms with Crippen LogP contribution in [0.3, 0.4) is 0 Å². The summed E-state index contributed by atoms with van der Waals surface area (Å²) in [6.07, 6.45) is 0. The Hall–Kier alpha value is -1.43. The van der Waals surface area contributed by atoms with E-state index in [2.05, 4.69) is 15.9 Å². The number of ether oxygens (including phenoxy) is 1. The first-order valence-corrected chi connectivity index (χ1v) is 5.21. The van der Waals surface area contributed by atoms with Crippen molar-refractivity contribution in [3.8, 4) is 5.75 Å². The molecule has 1 aromatic rings. The second kappa shape index (κ2) is 4.61. The van der Waals surface area contributed by atoms with Crippen LogP contribution in [0.15, 0.2) is 24.3 Å². The molecule has 1 unspecified atom stereocenters. The van der Waals surface area contributed by atoms with Crippen molar-refractivity contribution in [2.45, 2.75) is 11.4 Å². The summed E-state index contributed by atoms with van der Waals surface area (Å²) in [4.78, 5) is 21.8. The van der Waals surface area contributed by atoms with E-state index in [1.165, 1.54) is 26.2 Å². The fraction of sp³-hybridized carbons (Fsp3) is 0.300. The van der Waals surface area contributed by atoms with Gasteiger partial charge in [-0.25, -0.2) is 0 Å². The van der Waals surface area contributed by atoms with Gasteiger partial charge in [0.2, 0.25) is 5.78 Å². The minimum Gasteiger partial charge on any atom is -0.497 e. The minimum atomic E-state index is -1.79. The lowest BCUT2D eigenvalue weighted by Gasteiger charge is -2.12. The van der Waals surface area contributed by atoms with Gasteiger partial charge in [0.05, 0.1) is 7.11 Å². The maximum Gasteiger partial charge on any atom is 0.333 e. The molecule has 0 fully saturated rings. The maximum absolute atomic E-state index is 11.8. The Morgan fingerprint density at radius 1 is 1.44 bits per heavy atom. The standard InChI is InChI=1S/C10H10BrNO4/c1-10(11,12(14)15)9(13)7-3-5-8(16-2)6-4-7/h3-6H,1-2H3. The molecular formula is C10H10BrNO4. The monoisotopic (exact) mass is 287 g/mol. The Morgan fingerprint density at radius 2 is 1.94 bits per heavy atom. The molecule has 0 aliphatic heterocycles. The van der Waals surface area contributed by atoms with E-state index in [0.717, 1.165) is 0 Å². The molecule has 0 spiro atoms. The average molecular weight is 288 g/mol. The topological polar surface area (TPSA) is 69.4 Å². The summed E-state index contributed by atoms with van der Waals surface area (Å²) in [5, 5.41) is 10.7. The van der Waals surface area contributed by atoms with E-state index in [1.807, 2.05) is 0 Å². The van der Waals surface area contributed by atoms with Crippen LogP contribution in [0.2, 0.25) is 0 Å². The molecule has 0 aliphatic rings. The molecular weight excluding hydrogens is 278 g/mol. The van der Waals surface area contributed by atoms with Gasteiger partial charge >= 0.3 is 4.45 Å². The van der Waals surface area contributed by atoms with Crippen LogP contribution in [0.1, 0.15) is 17.3 Å². The van der Waals surface area contributed by atoms with E-state index in [1.54, 1.807) is 12.1 Å². The molecule has 0 aromatic heterocycles. The first kappa shape index (κ1) is 12.6. The van der Waals surface area contributed by atoms with Crippen molar-refractivity contribution in [3.05, 3.63) is 39.9 Å². The maximum atomic E-state index is 11.8. The number of halogens is 1. The number of benzene rings is 1. The highest BCUT2D eigenvalue weighted by molar-refractivity contribution is 9.10. The number of rotatable bonds is 4. The molecule has 0 radical (unpaired) electrons. The molecule has 5 nitrogen and oxygen atoms in total. The molecule has 0 amide bonds.